The molecule has 9 heteroatoms. The maximum atomic E-state index is 13.1. The number of halogens is 3. The zero-order valence-electron chi connectivity index (χ0n) is 16.7. The van der Waals surface area contributed by atoms with Crippen LogP contribution in [0, 0.1) is 0 Å². The second-order valence-electron chi connectivity index (χ2n) is 7.93. The van der Waals surface area contributed by atoms with Crippen LogP contribution in [0.3, 0.4) is 0 Å². The quantitative estimate of drug-likeness (QED) is 0.774. The summed E-state index contributed by atoms with van der Waals surface area (Å²) in [5, 5.41) is 2.75. The van der Waals surface area contributed by atoms with E-state index in [0.717, 1.165) is 56.2 Å². The molecule has 160 valence electrons. The Balaban J connectivity index is 1.43. The zero-order chi connectivity index (χ0) is 21.3. The summed E-state index contributed by atoms with van der Waals surface area (Å²) >= 11 is 0. The largest absolute Gasteiger partial charge is 0.433 e. The molecular formula is C21H24F3N5O. The van der Waals surface area contributed by atoms with Gasteiger partial charge in [0.05, 0.1) is 0 Å². The van der Waals surface area contributed by atoms with Crippen molar-refractivity contribution in [3.8, 4) is 0 Å². The van der Waals surface area contributed by atoms with Gasteiger partial charge in [-0.15, -0.1) is 0 Å². The van der Waals surface area contributed by atoms with Crippen LogP contribution in [0.15, 0.2) is 36.5 Å². The number of nitrogens with zero attached hydrogens (tertiary/aromatic N) is 4. The molecule has 0 spiro atoms. The van der Waals surface area contributed by atoms with Crippen LogP contribution in [0.2, 0.25) is 0 Å². The van der Waals surface area contributed by atoms with Gasteiger partial charge in [-0.3, -0.25) is 9.69 Å². The van der Waals surface area contributed by atoms with Crippen LogP contribution in [0.4, 0.5) is 24.8 Å². The number of aromatic nitrogens is 2. The maximum Gasteiger partial charge on any atom is 0.433 e. The van der Waals surface area contributed by atoms with Crippen molar-refractivity contribution in [2.45, 2.75) is 51.0 Å². The van der Waals surface area contributed by atoms with Crippen molar-refractivity contribution in [2.24, 2.45) is 0 Å². The molecule has 6 nitrogen and oxygen atoms in total. The SMILES string of the molecule is CC(=O)Nc1ccc(CN2CCC(N(c3nccc(C(F)(F)F)n3)C3CC3)C2)cc1. The Kier molecular flexibility index (Phi) is 5.64. The lowest BCUT2D eigenvalue weighted by molar-refractivity contribution is -0.141. The summed E-state index contributed by atoms with van der Waals surface area (Å²) in [7, 11) is 0. The lowest BCUT2D eigenvalue weighted by atomic mass is 10.2. The van der Waals surface area contributed by atoms with Gasteiger partial charge >= 0.3 is 6.18 Å². The fourth-order valence-electron chi connectivity index (χ4n) is 3.95. The van der Waals surface area contributed by atoms with Gasteiger partial charge in [0.2, 0.25) is 11.9 Å². The van der Waals surface area contributed by atoms with Gasteiger partial charge in [0.15, 0.2) is 0 Å². The average molecular weight is 419 g/mol. The molecule has 30 heavy (non-hydrogen) atoms. The van der Waals surface area contributed by atoms with E-state index in [9.17, 15) is 18.0 Å². The van der Waals surface area contributed by atoms with E-state index in [1.54, 1.807) is 0 Å². The Bertz CT molecular complexity index is 898. The molecule has 1 amide bonds. The summed E-state index contributed by atoms with van der Waals surface area (Å²) in [4.78, 5) is 23.4. The maximum absolute atomic E-state index is 13.1. The highest BCUT2D eigenvalue weighted by atomic mass is 19.4. The molecule has 0 bridgehead atoms. The Morgan fingerprint density at radius 2 is 1.90 bits per heavy atom. The van der Waals surface area contributed by atoms with Gasteiger partial charge in [-0.1, -0.05) is 12.1 Å². The third-order valence-corrected chi connectivity index (χ3v) is 5.43. The molecule has 0 radical (unpaired) electrons. The summed E-state index contributed by atoms with van der Waals surface area (Å²) in [5.41, 5.74) is 0.984. The highest BCUT2D eigenvalue weighted by Gasteiger charge is 2.40. The number of alkyl halides is 3. The third-order valence-electron chi connectivity index (χ3n) is 5.43. The van der Waals surface area contributed by atoms with E-state index in [2.05, 4.69) is 20.2 Å². The standard InChI is InChI=1S/C21H24F3N5O/c1-14(30)26-16-4-2-15(3-5-16)12-28-11-9-18(13-28)29(17-6-7-17)20-25-10-8-19(27-20)21(22,23)24/h2-5,8,10,17-18H,6-7,9,11-13H2,1H3,(H,26,30). The molecule has 1 unspecified atom stereocenters. The molecule has 1 atom stereocenters. The van der Waals surface area contributed by atoms with E-state index in [1.165, 1.54) is 13.1 Å². The number of likely N-dealkylation sites (tertiary alicyclic amines) is 1. The van der Waals surface area contributed by atoms with Gasteiger partial charge in [0.25, 0.3) is 0 Å². The lowest BCUT2D eigenvalue weighted by Crippen LogP contribution is -2.40. The van der Waals surface area contributed by atoms with Crippen molar-refractivity contribution in [3.63, 3.8) is 0 Å². The summed E-state index contributed by atoms with van der Waals surface area (Å²) in [6.07, 6.45) is -0.497. The first kappa shape index (κ1) is 20.6. The lowest BCUT2D eigenvalue weighted by Gasteiger charge is -2.29. The molecule has 1 aromatic carbocycles. The summed E-state index contributed by atoms with van der Waals surface area (Å²) in [6, 6.07) is 8.93. The smallest absolute Gasteiger partial charge is 0.334 e. The predicted octanol–water partition coefficient (Wildman–Crippen LogP) is 3.70. The van der Waals surface area contributed by atoms with Crippen LogP contribution in [0.1, 0.15) is 37.4 Å². The minimum Gasteiger partial charge on any atom is -0.334 e. The van der Waals surface area contributed by atoms with Crippen LogP contribution in [0.25, 0.3) is 0 Å². The van der Waals surface area contributed by atoms with Crippen molar-refractivity contribution in [1.29, 1.82) is 0 Å². The highest BCUT2D eigenvalue weighted by molar-refractivity contribution is 5.88. The van der Waals surface area contributed by atoms with E-state index >= 15 is 0 Å². The van der Waals surface area contributed by atoms with Gasteiger partial charge in [0.1, 0.15) is 5.69 Å². The number of carbonyl (C=O) groups is 1. The predicted molar refractivity (Wildman–Crippen MR) is 107 cm³/mol. The van der Waals surface area contributed by atoms with Crippen molar-refractivity contribution in [2.75, 3.05) is 23.3 Å². The first-order valence-electron chi connectivity index (χ1n) is 10.1. The minimum atomic E-state index is -4.47. The van der Waals surface area contributed by atoms with E-state index in [0.29, 0.717) is 0 Å². The molecule has 1 saturated carbocycles. The van der Waals surface area contributed by atoms with Crippen molar-refractivity contribution in [3.05, 3.63) is 47.8 Å². The molecule has 1 aliphatic carbocycles. The van der Waals surface area contributed by atoms with Crippen LogP contribution < -0.4 is 10.2 Å². The number of benzene rings is 1. The second kappa shape index (κ2) is 8.22. The second-order valence-corrected chi connectivity index (χ2v) is 7.93. The van der Waals surface area contributed by atoms with Crippen LogP contribution in [-0.4, -0.2) is 45.9 Å². The number of nitrogens with one attached hydrogen (secondary N) is 1. The Hall–Kier alpha value is -2.68. The minimum absolute atomic E-state index is 0.0969. The van der Waals surface area contributed by atoms with E-state index < -0.39 is 11.9 Å². The van der Waals surface area contributed by atoms with Gasteiger partial charge in [-0.25, -0.2) is 9.97 Å². The summed E-state index contributed by atoms with van der Waals surface area (Å²) < 4.78 is 39.3. The molecule has 2 aromatic rings. The van der Waals surface area contributed by atoms with E-state index in [1.807, 2.05) is 29.2 Å². The molecule has 2 fully saturated rings. The molecule has 4 rings (SSSR count). The fourth-order valence-corrected chi connectivity index (χ4v) is 3.95. The molecule has 1 aromatic heterocycles. The van der Waals surface area contributed by atoms with E-state index in [4.69, 9.17) is 0 Å². The third kappa shape index (κ3) is 4.89. The Labute approximate surface area is 173 Å². The van der Waals surface area contributed by atoms with Crippen LogP contribution in [-0.2, 0) is 17.5 Å². The molecule has 1 aliphatic heterocycles. The number of rotatable bonds is 6. The van der Waals surface area contributed by atoms with Crippen LogP contribution in [0.5, 0.6) is 0 Å². The van der Waals surface area contributed by atoms with Gasteiger partial charge < -0.3 is 10.2 Å². The highest BCUT2D eigenvalue weighted by Crippen LogP contribution is 2.36. The van der Waals surface area contributed by atoms with E-state index in [-0.39, 0.29) is 23.9 Å². The molecule has 2 aliphatic rings. The van der Waals surface area contributed by atoms with Crippen LogP contribution >= 0.6 is 0 Å². The number of hydrogen-bond donors (Lipinski definition) is 1. The van der Waals surface area contributed by atoms with Gasteiger partial charge in [0, 0.05) is 50.5 Å². The van der Waals surface area contributed by atoms with Gasteiger partial charge in [-0.2, -0.15) is 13.2 Å². The Morgan fingerprint density at radius 3 is 2.53 bits per heavy atom. The van der Waals surface area contributed by atoms with Crippen molar-refractivity contribution >= 4 is 17.5 Å². The molecular weight excluding hydrogens is 395 g/mol. The van der Waals surface area contributed by atoms with Gasteiger partial charge in [-0.05, 0) is 43.0 Å². The summed E-state index contributed by atoms with van der Waals surface area (Å²) in [6.45, 7) is 3.83. The normalized spacial score (nSPS) is 19.7. The molecule has 1 N–H and O–H groups in total. The molecule has 1 saturated heterocycles. The number of hydrogen-bond acceptors (Lipinski definition) is 5. The summed E-state index contributed by atoms with van der Waals surface area (Å²) in [5.74, 6) is 0.0703. The number of amides is 1. The van der Waals surface area contributed by atoms with Crippen molar-refractivity contribution in [1.82, 2.24) is 14.9 Å². The number of anilines is 2. The number of carbonyl (C=O) groups excluding carboxylic acids is 1. The fraction of sp³-hybridized carbons (Fsp3) is 0.476. The topological polar surface area (TPSA) is 61.4 Å². The first-order valence-corrected chi connectivity index (χ1v) is 10.1. The Morgan fingerprint density at radius 1 is 1.17 bits per heavy atom. The first-order chi connectivity index (χ1) is 14.3. The van der Waals surface area contributed by atoms with Crippen molar-refractivity contribution < 1.29 is 18.0 Å². The average Bonchev–Trinajstić information content (AvgIpc) is 3.41. The molecule has 2 heterocycles. The monoisotopic (exact) mass is 419 g/mol. The zero-order valence-corrected chi connectivity index (χ0v) is 16.7.